The molecule has 0 amide bonds. The highest BCUT2D eigenvalue weighted by Crippen LogP contribution is 2.15. The lowest BCUT2D eigenvalue weighted by Gasteiger charge is -2.13. The summed E-state index contributed by atoms with van der Waals surface area (Å²) in [4.78, 5) is 11.3. The molecule has 0 aromatic carbocycles. The lowest BCUT2D eigenvalue weighted by Crippen LogP contribution is -2.12. The van der Waals surface area contributed by atoms with Crippen molar-refractivity contribution in [1.29, 1.82) is 0 Å². The van der Waals surface area contributed by atoms with Crippen molar-refractivity contribution in [3.05, 3.63) is 11.9 Å². The first kappa shape index (κ1) is 13.5. The first-order valence-electron chi connectivity index (χ1n) is 5.85. The fourth-order valence-electron chi connectivity index (χ4n) is 1.98. The van der Waals surface area contributed by atoms with Crippen LogP contribution in [-0.2, 0) is 11.3 Å². The fraction of sp³-hybridized carbons (Fsp3) is 0.667. The molecule has 0 aliphatic heterocycles. The quantitative estimate of drug-likeness (QED) is 0.797. The standard InChI is InChI=1S/C12H21N3O2/c1-8(2)5-9(3)6-15-7-10(13)11(14-15)12(16)17-4/h7-9H,5-6,13H2,1-4H3. The number of nitrogens with two attached hydrogens (primary N) is 1. The van der Waals surface area contributed by atoms with Gasteiger partial charge in [0, 0.05) is 12.7 Å². The van der Waals surface area contributed by atoms with Crippen LogP contribution in [0, 0.1) is 11.8 Å². The molecule has 1 aromatic heterocycles. The monoisotopic (exact) mass is 239 g/mol. The zero-order chi connectivity index (χ0) is 13.0. The molecule has 1 unspecified atom stereocenters. The van der Waals surface area contributed by atoms with Gasteiger partial charge in [-0.3, -0.25) is 4.68 Å². The third kappa shape index (κ3) is 3.76. The summed E-state index contributed by atoms with van der Waals surface area (Å²) in [7, 11) is 1.32. The number of methoxy groups -OCH3 is 1. The minimum absolute atomic E-state index is 0.198. The second-order valence-electron chi connectivity index (χ2n) is 4.88. The first-order valence-corrected chi connectivity index (χ1v) is 5.85. The first-order chi connectivity index (χ1) is 7.93. The Labute approximate surface area is 102 Å². The maximum Gasteiger partial charge on any atom is 0.360 e. The molecule has 5 heteroatoms. The highest BCUT2D eigenvalue weighted by atomic mass is 16.5. The lowest BCUT2D eigenvalue weighted by atomic mass is 9.99. The molecule has 1 aromatic rings. The topological polar surface area (TPSA) is 70.1 Å². The third-order valence-corrected chi connectivity index (χ3v) is 2.54. The van der Waals surface area contributed by atoms with Crippen LogP contribution in [0.1, 0.15) is 37.7 Å². The fourth-order valence-corrected chi connectivity index (χ4v) is 1.98. The average Bonchev–Trinajstić information content (AvgIpc) is 2.56. The number of nitrogens with zero attached hydrogens (tertiary/aromatic N) is 2. The number of hydrogen-bond donors (Lipinski definition) is 1. The molecule has 0 saturated carbocycles. The maximum absolute atomic E-state index is 11.3. The second-order valence-corrected chi connectivity index (χ2v) is 4.88. The van der Waals surface area contributed by atoms with Gasteiger partial charge in [0.2, 0.25) is 0 Å². The summed E-state index contributed by atoms with van der Waals surface area (Å²) < 4.78 is 6.32. The number of hydrogen-bond acceptors (Lipinski definition) is 4. The molecule has 0 spiro atoms. The van der Waals surface area contributed by atoms with Gasteiger partial charge in [-0.25, -0.2) is 4.79 Å². The summed E-state index contributed by atoms with van der Waals surface area (Å²) in [5, 5.41) is 4.14. The summed E-state index contributed by atoms with van der Waals surface area (Å²) in [5.41, 5.74) is 6.28. The summed E-state index contributed by atoms with van der Waals surface area (Å²) >= 11 is 0. The number of nitrogen functional groups attached to an aromatic ring is 1. The molecule has 5 nitrogen and oxygen atoms in total. The molecule has 0 aliphatic carbocycles. The van der Waals surface area contributed by atoms with Crippen LogP contribution in [0.3, 0.4) is 0 Å². The SMILES string of the molecule is COC(=O)c1nn(CC(C)CC(C)C)cc1N. The molecule has 0 bridgehead atoms. The number of ether oxygens (including phenoxy) is 1. The summed E-state index contributed by atoms with van der Waals surface area (Å²) in [6.45, 7) is 7.30. The van der Waals surface area contributed by atoms with Crippen LogP contribution in [0.4, 0.5) is 5.69 Å². The van der Waals surface area contributed by atoms with Gasteiger partial charge in [-0.1, -0.05) is 20.8 Å². The Morgan fingerprint density at radius 3 is 2.71 bits per heavy atom. The van der Waals surface area contributed by atoms with E-state index in [-0.39, 0.29) is 5.69 Å². The van der Waals surface area contributed by atoms with Crippen molar-refractivity contribution in [2.45, 2.75) is 33.7 Å². The van der Waals surface area contributed by atoms with E-state index in [9.17, 15) is 4.79 Å². The van der Waals surface area contributed by atoms with E-state index < -0.39 is 5.97 Å². The second kappa shape index (κ2) is 5.70. The Morgan fingerprint density at radius 1 is 1.53 bits per heavy atom. The minimum atomic E-state index is -0.488. The van der Waals surface area contributed by atoms with E-state index in [4.69, 9.17) is 5.73 Å². The van der Waals surface area contributed by atoms with E-state index >= 15 is 0 Å². The van der Waals surface area contributed by atoms with Gasteiger partial charge in [-0.05, 0) is 18.3 Å². The zero-order valence-corrected chi connectivity index (χ0v) is 10.9. The summed E-state index contributed by atoms with van der Waals surface area (Å²) in [6, 6.07) is 0. The molecule has 0 saturated heterocycles. The van der Waals surface area contributed by atoms with E-state index in [1.54, 1.807) is 10.9 Å². The molecule has 17 heavy (non-hydrogen) atoms. The van der Waals surface area contributed by atoms with Crippen molar-refractivity contribution in [2.75, 3.05) is 12.8 Å². The van der Waals surface area contributed by atoms with Gasteiger partial charge >= 0.3 is 5.97 Å². The van der Waals surface area contributed by atoms with Crippen molar-refractivity contribution in [3.63, 3.8) is 0 Å². The summed E-state index contributed by atoms with van der Waals surface area (Å²) in [6.07, 6.45) is 2.80. The lowest BCUT2D eigenvalue weighted by molar-refractivity contribution is 0.0594. The number of carbonyl (C=O) groups is 1. The van der Waals surface area contributed by atoms with E-state index in [2.05, 4.69) is 30.6 Å². The van der Waals surface area contributed by atoms with Crippen molar-refractivity contribution < 1.29 is 9.53 Å². The molecule has 0 aliphatic rings. The number of carbonyl (C=O) groups excluding carboxylic acids is 1. The molecular weight excluding hydrogens is 218 g/mol. The van der Waals surface area contributed by atoms with Crippen LogP contribution in [0.25, 0.3) is 0 Å². The molecule has 1 atom stereocenters. The Morgan fingerprint density at radius 2 is 2.18 bits per heavy atom. The van der Waals surface area contributed by atoms with Crippen LogP contribution in [-0.4, -0.2) is 22.9 Å². The highest BCUT2D eigenvalue weighted by Gasteiger charge is 2.16. The Hall–Kier alpha value is -1.52. The smallest absolute Gasteiger partial charge is 0.360 e. The van der Waals surface area contributed by atoms with Crippen LogP contribution in [0.2, 0.25) is 0 Å². The Kier molecular flexibility index (Phi) is 4.54. The van der Waals surface area contributed by atoms with Gasteiger partial charge in [0.15, 0.2) is 5.69 Å². The largest absolute Gasteiger partial charge is 0.464 e. The van der Waals surface area contributed by atoms with Gasteiger partial charge in [-0.2, -0.15) is 5.10 Å². The van der Waals surface area contributed by atoms with Crippen LogP contribution >= 0.6 is 0 Å². The van der Waals surface area contributed by atoms with Crippen molar-refractivity contribution >= 4 is 11.7 Å². The zero-order valence-electron chi connectivity index (χ0n) is 10.9. The Balaban J connectivity index is 2.70. The predicted octanol–water partition coefficient (Wildman–Crippen LogP) is 1.93. The van der Waals surface area contributed by atoms with Gasteiger partial charge in [0.05, 0.1) is 12.8 Å². The van der Waals surface area contributed by atoms with Gasteiger partial charge in [0.1, 0.15) is 0 Å². The molecule has 1 heterocycles. The number of aromatic nitrogens is 2. The molecular formula is C12H21N3O2. The van der Waals surface area contributed by atoms with E-state index in [0.717, 1.165) is 13.0 Å². The number of anilines is 1. The van der Waals surface area contributed by atoms with Crippen molar-refractivity contribution in [2.24, 2.45) is 11.8 Å². The van der Waals surface area contributed by atoms with Crippen molar-refractivity contribution in [3.8, 4) is 0 Å². The minimum Gasteiger partial charge on any atom is -0.464 e. The normalized spacial score (nSPS) is 12.8. The van der Waals surface area contributed by atoms with Crippen LogP contribution < -0.4 is 5.73 Å². The highest BCUT2D eigenvalue weighted by molar-refractivity contribution is 5.92. The average molecular weight is 239 g/mol. The summed E-state index contributed by atoms with van der Waals surface area (Å²) in [5.74, 6) is 0.663. The third-order valence-electron chi connectivity index (χ3n) is 2.54. The molecule has 2 N–H and O–H groups in total. The van der Waals surface area contributed by atoms with E-state index in [1.165, 1.54) is 7.11 Å². The van der Waals surface area contributed by atoms with Gasteiger partial charge < -0.3 is 10.5 Å². The van der Waals surface area contributed by atoms with E-state index in [0.29, 0.717) is 17.5 Å². The van der Waals surface area contributed by atoms with Gasteiger partial charge in [0.25, 0.3) is 0 Å². The van der Waals surface area contributed by atoms with Gasteiger partial charge in [-0.15, -0.1) is 0 Å². The Bertz CT molecular complexity index is 385. The molecule has 0 fully saturated rings. The van der Waals surface area contributed by atoms with E-state index in [1.807, 2.05) is 0 Å². The molecule has 1 rings (SSSR count). The number of rotatable bonds is 5. The van der Waals surface area contributed by atoms with Crippen LogP contribution in [0.15, 0.2) is 6.20 Å². The van der Waals surface area contributed by atoms with Crippen molar-refractivity contribution in [1.82, 2.24) is 9.78 Å². The molecule has 0 radical (unpaired) electrons. The predicted molar refractivity (Wildman–Crippen MR) is 66.6 cm³/mol. The van der Waals surface area contributed by atoms with Crippen LogP contribution in [0.5, 0.6) is 0 Å². The molecule has 96 valence electrons. The maximum atomic E-state index is 11.3. The number of esters is 1.